The van der Waals surface area contributed by atoms with Crippen LogP contribution in [0.1, 0.15) is 37.1 Å². The fraction of sp³-hybridized carbons (Fsp3) is 0.692. The molecule has 4 heteroatoms. The molecule has 1 aliphatic carbocycles. The first-order chi connectivity index (χ1) is 8.03. The maximum atomic E-state index is 5.97. The summed E-state index contributed by atoms with van der Waals surface area (Å²) in [6.07, 6.45) is 3.98. The first kappa shape index (κ1) is 13.3. The van der Waals surface area contributed by atoms with Crippen molar-refractivity contribution in [3.8, 4) is 0 Å². The lowest BCUT2D eigenvalue weighted by Gasteiger charge is -2.48. The molecule has 17 heavy (non-hydrogen) atoms. The highest BCUT2D eigenvalue weighted by atomic mass is 35.5. The van der Waals surface area contributed by atoms with Crippen molar-refractivity contribution in [3.05, 3.63) is 21.3 Å². The largest absolute Gasteiger partial charge is 0.308 e. The summed E-state index contributed by atoms with van der Waals surface area (Å²) in [6, 6.07) is 4.49. The summed E-state index contributed by atoms with van der Waals surface area (Å²) in [7, 11) is 4.38. The van der Waals surface area contributed by atoms with E-state index in [9.17, 15) is 0 Å². The average Bonchev–Trinajstić information content (AvgIpc) is 2.62. The molecule has 0 amide bonds. The molecule has 0 spiro atoms. The lowest BCUT2D eigenvalue weighted by Crippen LogP contribution is -2.56. The molecule has 1 fully saturated rings. The molecule has 0 bridgehead atoms. The third-order valence-electron chi connectivity index (χ3n) is 3.99. The van der Waals surface area contributed by atoms with E-state index in [-0.39, 0.29) is 0 Å². The molecule has 2 rings (SSSR count). The quantitative estimate of drug-likeness (QED) is 0.882. The predicted octanol–water partition coefficient (Wildman–Crippen LogP) is 3.54. The van der Waals surface area contributed by atoms with Crippen LogP contribution in [-0.2, 0) is 0 Å². The van der Waals surface area contributed by atoms with E-state index in [2.05, 4.69) is 37.3 Å². The first-order valence-corrected chi connectivity index (χ1v) is 7.39. The van der Waals surface area contributed by atoms with Crippen molar-refractivity contribution in [2.75, 3.05) is 20.6 Å². The minimum Gasteiger partial charge on any atom is -0.308 e. The van der Waals surface area contributed by atoms with Crippen LogP contribution in [-0.4, -0.2) is 31.1 Å². The Bertz CT molecular complexity index is 371. The van der Waals surface area contributed by atoms with Crippen LogP contribution in [0.3, 0.4) is 0 Å². The van der Waals surface area contributed by atoms with E-state index in [0.717, 1.165) is 10.9 Å². The Hall–Kier alpha value is -0.0900. The van der Waals surface area contributed by atoms with Crippen molar-refractivity contribution < 1.29 is 0 Å². The van der Waals surface area contributed by atoms with Crippen LogP contribution in [0.2, 0.25) is 4.34 Å². The second kappa shape index (κ2) is 5.27. The van der Waals surface area contributed by atoms with Gasteiger partial charge in [-0.1, -0.05) is 11.6 Å². The topological polar surface area (TPSA) is 15.3 Å². The van der Waals surface area contributed by atoms with Gasteiger partial charge in [0.25, 0.3) is 0 Å². The zero-order valence-corrected chi connectivity index (χ0v) is 12.4. The summed E-state index contributed by atoms with van der Waals surface area (Å²) >= 11 is 7.64. The molecular weight excluding hydrogens is 252 g/mol. The number of halogens is 1. The van der Waals surface area contributed by atoms with Gasteiger partial charge in [0.2, 0.25) is 0 Å². The number of likely N-dealkylation sites (N-methyl/N-ethyl adjacent to an activating group) is 1. The third kappa shape index (κ3) is 2.84. The van der Waals surface area contributed by atoms with Crippen LogP contribution >= 0.6 is 22.9 Å². The summed E-state index contributed by atoms with van der Waals surface area (Å²) in [5.41, 5.74) is 0.384. The van der Waals surface area contributed by atoms with Gasteiger partial charge >= 0.3 is 0 Å². The molecule has 1 unspecified atom stereocenters. The highest BCUT2D eigenvalue weighted by Gasteiger charge is 2.38. The van der Waals surface area contributed by atoms with Gasteiger partial charge in [-0.3, -0.25) is 0 Å². The van der Waals surface area contributed by atoms with Crippen LogP contribution in [0, 0.1) is 0 Å². The third-order valence-corrected chi connectivity index (χ3v) is 5.40. The molecule has 1 atom stereocenters. The molecule has 0 aromatic carbocycles. The highest BCUT2D eigenvalue weighted by molar-refractivity contribution is 7.16. The zero-order valence-electron chi connectivity index (χ0n) is 10.8. The molecule has 1 heterocycles. The minimum absolute atomic E-state index is 0.384. The lowest BCUT2D eigenvalue weighted by atomic mass is 9.75. The van der Waals surface area contributed by atoms with Crippen molar-refractivity contribution in [1.82, 2.24) is 10.2 Å². The van der Waals surface area contributed by atoms with Crippen LogP contribution in [0.4, 0.5) is 0 Å². The SMILES string of the molecule is CC(NCC1(N(C)C)CCC1)c1ccc(Cl)s1. The molecule has 0 radical (unpaired) electrons. The molecule has 0 saturated heterocycles. The van der Waals surface area contributed by atoms with Crippen LogP contribution in [0.5, 0.6) is 0 Å². The van der Waals surface area contributed by atoms with Crippen molar-refractivity contribution in [2.45, 2.75) is 37.8 Å². The summed E-state index contributed by atoms with van der Waals surface area (Å²) in [5, 5.41) is 3.65. The Morgan fingerprint density at radius 3 is 2.59 bits per heavy atom. The van der Waals surface area contributed by atoms with E-state index in [1.165, 1.54) is 24.1 Å². The van der Waals surface area contributed by atoms with Crippen molar-refractivity contribution in [1.29, 1.82) is 0 Å². The second-order valence-corrected chi connectivity index (χ2v) is 6.96. The number of hydrogen-bond acceptors (Lipinski definition) is 3. The number of thiophene rings is 1. The van der Waals surface area contributed by atoms with Crippen molar-refractivity contribution in [3.63, 3.8) is 0 Å². The van der Waals surface area contributed by atoms with Gasteiger partial charge in [0.15, 0.2) is 0 Å². The molecule has 1 saturated carbocycles. The van der Waals surface area contributed by atoms with Gasteiger partial charge in [-0.15, -0.1) is 11.3 Å². The Kier molecular flexibility index (Phi) is 4.14. The van der Waals surface area contributed by atoms with E-state index >= 15 is 0 Å². The summed E-state index contributed by atoms with van der Waals surface area (Å²) in [5.74, 6) is 0. The molecule has 0 aliphatic heterocycles. The maximum absolute atomic E-state index is 5.97. The van der Waals surface area contributed by atoms with E-state index in [1.54, 1.807) is 11.3 Å². The second-order valence-electron chi connectivity index (χ2n) is 5.22. The Morgan fingerprint density at radius 1 is 1.47 bits per heavy atom. The maximum Gasteiger partial charge on any atom is 0.0931 e. The Morgan fingerprint density at radius 2 is 2.18 bits per heavy atom. The van der Waals surface area contributed by atoms with E-state index < -0.39 is 0 Å². The molecule has 1 aromatic rings. The fourth-order valence-corrected chi connectivity index (χ4v) is 3.46. The molecule has 1 aliphatic rings. The number of rotatable bonds is 5. The van der Waals surface area contributed by atoms with Crippen molar-refractivity contribution >= 4 is 22.9 Å². The minimum atomic E-state index is 0.384. The van der Waals surface area contributed by atoms with Gasteiger partial charge < -0.3 is 10.2 Å². The number of hydrogen-bond donors (Lipinski definition) is 1. The highest BCUT2D eigenvalue weighted by Crippen LogP contribution is 2.36. The molecular formula is C13H21ClN2S. The van der Waals surface area contributed by atoms with E-state index in [1.807, 2.05) is 6.07 Å². The van der Waals surface area contributed by atoms with Gasteiger partial charge in [0.05, 0.1) is 4.34 Å². The van der Waals surface area contributed by atoms with Crippen LogP contribution < -0.4 is 5.32 Å². The summed E-state index contributed by atoms with van der Waals surface area (Å²) in [4.78, 5) is 3.70. The van der Waals surface area contributed by atoms with Gasteiger partial charge in [-0.25, -0.2) is 0 Å². The lowest BCUT2D eigenvalue weighted by molar-refractivity contribution is 0.0577. The molecule has 1 aromatic heterocycles. The van der Waals surface area contributed by atoms with Gasteiger partial charge in [0, 0.05) is 23.0 Å². The monoisotopic (exact) mass is 272 g/mol. The van der Waals surface area contributed by atoms with E-state index in [4.69, 9.17) is 11.6 Å². The number of nitrogens with one attached hydrogen (secondary N) is 1. The van der Waals surface area contributed by atoms with Gasteiger partial charge in [0.1, 0.15) is 0 Å². The Balaban J connectivity index is 1.89. The van der Waals surface area contributed by atoms with Crippen molar-refractivity contribution in [2.24, 2.45) is 0 Å². The smallest absolute Gasteiger partial charge is 0.0931 e. The fourth-order valence-electron chi connectivity index (χ4n) is 2.37. The van der Waals surface area contributed by atoms with E-state index in [0.29, 0.717) is 11.6 Å². The Labute approximate surface area is 113 Å². The van der Waals surface area contributed by atoms with Gasteiger partial charge in [-0.2, -0.15) is 0 Å². The van der Waals surface area contributed by atoms with Crippen LogP contribution in [0.25, 0.3) is 0 Å². The first-order valence-electron chi connectivity index (χ1n) is 6.19. The standard InChI is InChI=1S/C13H21ClN2S/c1-10(11-5-6-12(14)17-11)15-9-13(16(2)3)7-4-8-13/h5-6,10,15H,4,7-9H2,1-3H3. The van der Waals surface area contributed by atoms with Crippen LogP contribution in [0.15, 0.2) is 12.1 Å². The zero-order chi connectivity index (χ0) is 12.5. The predicted molar refractivity (Wildman–Crippen MR) is 76.0 cm³/mol. The molecule has 1 N–H and O–H groups in total. The van der Waals surface area contributed by atoms with Gasteiger partial charge in [-0.05, 0) is 52.4 Å². The average molecular weight is 273 g/mol. The number of nitrogens with zero attached hydrogens (tertiary/aromatic N) is 1. The molecule has 96 valence electrons. The molecule has 2 nitrogen and oxygen atoms in total. The summed E-state index contributed by atoms with van der Waals surface area (Å²) in [6.45, 7) is 3.28. The normalized spacial score (nSPS) is 20.3. The summed E-state index contributed by atoms with van der Waals surface area (Å²) < 4.78 is 0.875.